The van der Waals surface area contributed by atoms with Gasteiger partial charge in [-0.15, -0.1) is 0 Å². The minimum Gasteiger partial charge on any atom is -0.365 e. The minimum atomic E-state index is -4.45. The van der Waals surface area contributed by atoms with Gasteiger partial charge in [-0.2, -0.15) is 23.8 Å². The second kappa shape index (κ2) is 7.50. The second-order valence-electron chi connectivity index (χ2n) is 7.65. The van der Waals surface area contributed by atoms with Crippen LogP contribution in [-0.4, -0.2) is 40.7 Å². The van der Waals surface area contributed by atoms with E-state index in [1.807, 2.05) is 0 Å². The summed E-state index contributed by atoms with van der Waals surface area (Å²) in [7, 11) is -1.17. The number of nitrogens with zero attached hydrogens (tertiary/aromatic N) is 3. The number of hydrogen-bond acceptors (Lipinski definition) is 6. The first-order valence-corrected chi connectivity index (χ1v) is 11.3. The third-order valence-corrected chi connectivity index (χ3v) is 8.04. The topological polar surface area (TPSA) is 100 Å². The Labute approximate surface area is 177 Å². The van der Waals surface area contributed by atoms with E-state index in [0.29, 0.717) is 23.1 Å². The Morgan fingerprint density at radius 1 is 1.19 bits per heavy atom. The van der Waals surface area contributed by atoms with E-state index in [1.165, 1.54) is 36.3 Å². The highest BCUT2D eigenvalue weighted by molar-refractivity contribution is 8.25. The van der Waals surface area contributed by atoms with E-state index in [2.05, 4.69) is 15.3 Å². The number of alkyl halides is 3. The van der Waals surface area contributed by atoms with Crippen LogP contribution in [0, 0.1) is 0 Å². The van der Waals surface area contributed by atoms with E-state index in [4.69, 9.17) is 0 Å². The van der Waals surface area contributed by atoms with Crippen LogP contribution in [-0.2, 0) is 13.2 Å². The van der Waals surface area contributed by atoms with Gasteiger partial charge in [0.05, 0.1) is 22.7 Å². The SMILES string of the molecule is C[C@H]1[C@H](Nc2ncc(-c3ccc(C(F)(F)F)cc3)c3ncn(C)c(=O)c23)CCS1(O)O. The molecule has 0 spiro atoms. The fourth-order valence-electron chi connectivity index (χ4n) is 3.72. The van der Waals surface area contributed by atoms with Crippen LogP contribution in [0.4, 0.5) is 19.0 Å². The highest BCUT2D eigenvalue weighted by Gasteiger charge is 2.37. The highest BCUT2D eigenvalue weighted by atomic mass is 32.3. The maximum atomic E-state index is 12.9. The lowest BCUT2D eigenvalue weighted by Gasteiger charge is -2.33. The van der Waals surface area contributed by atoms with Crippen molar-refractivity contribution < 1.29 is 22.3 Å². The number of nitrogens with one attached hydrogen (secondary N) is 1. The summed E-state index contributed by atoms with van der Waals surface area (Å²) in [6.45, 7) is 1.73. The van der Waals surface area contributed by atoms with E-state index < -0.39 is 27.6 Å². The summed E-state index contributed by atoms with van der Waals surface area (Å²) in [5.74, 6) is 0.525. The first-order chi connectivity index (χ1) is 14.5. The van der Waals surface area contributed by atoms with Crippen molar-refractivity contribution in [1.29, 1.82) is 0 Å². The Kier molecular flexibility index (Phi) is 5.23. The lowest BCUT2D eigenvalue weighted by molar-refractivity contribution is -0.137. The highest BCUT2D eigenvalue weighted by Crippen LogP contribution is 2.52. The number of aryl methyl sites for hydroxylation is 1. The molecule has 0 unspecified atom stereocenters. The number of pyridine rings is 1. The Hall–Kier alpha value is -2.63. The van der Waals surface area contributed by atoms with E-state index in [-0.39, 0.29) is 28.6 Å². The van der Waals surface area contributed by atoms with Crippen molar-refractivity contribution in [3.8, 4) is 11.1 Å². The van der Waals surface area contributed by atoms with Crippen LogP contribution in [0.25, 0.3) is 22.0 Å². The maximum absolute atomic E-state index is 12.9. The van der Waals surface area contributed by atoms with Gasteiger partial charge < -0.3 is 9.88 Å². The van der Waals surface area contributed by atoms with Crippen LogP contribution < -0.4 is 10.9 Å². The first kappa shape index (κ1) is 21.6. The maximum Gasteiger partial charge on any atom is 0.416 e. The Morgan fingerprint density at radius 2 is 1.87 bits per heavy atom. The zero-order valence-corrected chi connectivity index (χ0v) is 17.5. The summed E-state index contributed by atoms with van der Waals surface area (Å²) in [4.78, 5) is 21.6. The molecule has 1 saturated heterocycles. The fourth-order valence-corrected chi connectivity index (χ4v) is 5.42. The number of fused-ring (bicyclic) bond motifs is 1. The van der Waals surface area contributed by atoms with Crippen molar-refractivity contribution in [3.63, 3.8) is 0 Å². The Balaban J connectivity index is 1.81. The van der Waals surface area contributed by atoms with Gasteiger partial charge in [-0.1, -0.05) is 12.1 Å². The lowest BCUT2D eigenvalue weighted by Crippen LogP contribution is -2.30. The quantitative estimate of drug-likeness (QED) is 0.545. The van der Waals surface area contributed by atoms with Gasteiger partial charge in [-0.05, 0) is 31.0 Å². The van der Waals surface area contributed by atoms with Crippen LogP contribution in [0.5, 0.6) is 0 Å². The van der Waals surface area contributed by atoms with E-state index >= 15 is 0 Å². The molecule has 0 aliphatic carbocycles. The average molecular weight is 454 g/mol. The molecule has 3 heterocycles. The zero-order valence-electron chi connectivity index (χ0n) is 16.7. The summed E-state index contributed by atoms with van der Waals surface area (Å²) in [6, 6.07) is 4.29. The summed E-state index contributed by atoms with van der Waals surface area (Å²) < 4.78 is 60.2. The molecule has 7 nitrogen and oxygen atoms in total. The van der Waals surface area contributed by atoms with Crippen molar-refractivity contribution in [1.82, 2.24) is 14.5 Å². The summed E-state index contributed by atoms with van der Waals surface area (Å²) >= 11 is 0. The minimum absolute atomic E-state index is 0.193. The van der Waals surface area contributed by atoms with Gasteiger partial charge in [0.25, 0.3) is 5.56 Å². The van der Waals surface area contributed by atoms with Crippen molar-refractivity contribution in [2.24, 2.45) is 7.05 Å². The number of benzene rings is 1. The molecule has 3 aromatic rings. The number of hydrogen-bond donors (Lipinski definition) is 3. The first-order valence-electron chi connectivity index (χ1n) is 9.52. The fraction of sp³-hybridized carbons (Fsp3) is 0.350. The molecule has 166 valence electrons. The molecular formula is C20H21F3N4O3S. The molecule has 0 saturated carbocycles. The predicted molar refractivity (Wildman–Crippen MR) is 114 cm³/mol. The van der Waals surface area contributed by atoms with Crippen LogP contribution in [0.3, 0.4) is 0 Å². The molecule has 1 aliphatic rings. The lowest BCUT2D eigenvalue weighted by atomic mass is 10.0. The molecule has 0 radical (unpaired) electrons. The number of aromatic nitrogens is 3. The number of anilines is 1. The standard InChI is InChI=1S/C20H21F3N4O3S/c1-11-15(7-8-31(11,29)30)26-18-16-17(25-10-27(2)19(16)28)14(9-24-18)12-3-5-13(6-4-12)20(21,22)23/h3-6,9-11,15,29-30H,7-8H2,1-2H3,(H,24,26)/t11-,15+/m0/s1. The zero-order chi connectivity index (χ0) is 22.6. The van der Waals surface area contributed by atoms with Gasteiger partial charge in [0.1, 0.15) is 11.2 Å². The smallest absolute Gasteiger partial charge is 0.365 e. The van der Waals surface area contributed by atoms with Crippen LogP contribution in [0.15, 0.2) is 41.6 Å². The van der Waals surface area contributed by atoms with Gasteiger partial charge in [0.2, 0.25) is 0 Å². The summed E-state index contributed by atoms with van der Waals surface area (Å²) in [5, 5.41) is 2.93. The molecule has 11 heteroatoms. The number of rotatable bonds is 3. The molecule has 1 fully saturated rings. The van der Waals surface area contributed by atoms with E-state index in [9.17, 15) is 27.1 Å². The van der Waals surface area contributed by atoms with Gasteiger partial charge in [0, 0.05) is 30.6 Å². The third kappa shape index (κ3) is 3.88. The molecule has 3 N–H and O–H groups in total. The van der Waals surface area contributed by atoms with Crippen LogP contribution in [0.2, 0.25) is 0 Å². The Bertz CT molecular complexity index is 1200. The van der Waals surface area contributed by atoms with Gasteiger partial charge >= 0.3 is 6.18 Å². The number of halogens is 3. The van der Waals surface area contributed by atoms with Crippen molar-refractivity contribution in [2.75, 3.05) is 11.1 Å². The molecule has 1 aliphatic heterocycles. The van der Waals surface area contributed by atoms with Gasteiger partial charge in [0.15, 0.2) is 0 Å². The molecule has 4 rings (SSSR count). The normalized spacial score (nSPS) is 21.9. The molecule has 2 atom stereocenters. The predicted octanol–water partition coefficient (Wildman–Crippen LogP) is 4.34. The van der Waals surface area contributed by atoms with Crippen molar-refractivity contribution in [2.45, 2.75) is 30.8 Å². The average Bonchev–Trinajstić information content (AvgIpc) is 2.97. The summed E-state index contributed by atoms with van der Waals surface area (Å²) in [5.41, 5.74) is 0.0328. The third-order valence-electron chi connectivity index (χ3n) is 5.68. The molecular weight excluding hydrogens is 433 g/mol. The van der Waals surface area contributed by atoms with Crippen molar-refractivity contribution >= 4 is 27.3 Å². The molecule has 2 aromatic heterocycles. The second-order valence-corrected chi connectivity index (χ2v) is 10.2. The van der Waals surface area contributed by atoms with Crippen LogP contribution >= 0.6 is 10.6 Å². The molecule has 1 aromatic carbocycles. The largest absolute Gasteiger partial charge is 0.416 e. The van der Waals surface area contributed by atoms with Crippen LogP contribution in [0.1, 0.15) is 18.9 Å². The molecule has 0 amide bonds. The molecule has 31 heavy (non-hydrogen) atoms. The monoisotopic (exact) mass is 454 g/mol. The van der Waals surface area contributed by atoms with Crippen molar-refractivity contribution in [3.05, 3.63) is 52.7 Å². The van der Waals surface area contributed by atoms with Gasteiger partial charge in [-0.25, -0.2) is 9.97 Å². The van der Waals surface area contributed by atoms with Gasteiger partial charge in [-0.3, -0.25) is 13.9 Å². The van der Waals surface area contributed by atoms with E-state index in [1.54, 1.807) is 6.92 Å². The Morgan fingerprint density at radius 3 is 2.45 bits per heavy atom. The molecule has 0 bridgehead atoms. The summed E-state index contributed by atoms with van der Waals surface area (Å²) in [6.07, 6.45) is -1.14. The van der Waals surface area contributed by atoms with E-state index in [0.717, 1.165) is 12.1 Å².